The van der Waals surface area contributed by atoms with E-state index in [1.807, 2.05) is 6.92 Å². The van der Waals surface area contributed by atoms with Gasteiger partial charge in [-0.1, -0.05) is 0 Å². The highest BCUT2D eigenvalue weighted by Gasteiger charge is 2.33. The number of carbonyl (C=O) groups excluding carboxylic acids is 1. The Hall–Kier alpha value is -1.48. The standard InChI is InChI=1S/C15H19F3N6OS2.HI/c1-3-19-14(22-6-11-24-10(7-26-11)15(16,17)18)21-5-4-20-13(25)12-9(2)23-8-27-12;/h7-8H,3-6H2,1-2H3,(H,20,25)(H2,19,21,22);1H. The highest BCUT2D eigenvalue weighted by atomic mass is 127. The molecule has 2 heterocycles. The lowest BCUT2D eigenvalue weighted by Gasteiger charge is -2.11. The quantitative estimate of drug-likeness (QED) is 0.214. The number of hydrogen-bond donors (Lipinski definition) is 3. The van der Waals surface area contributed by atoms with Gasteiger partial charge < -0.3 is 16.0 Å². The smallest absolute Gasteiger partial charge is 0.357 e. The minimum absolute atomic E-state index is 0. The molecule has 0 aromatic carbocycles. The molecule has 0 atom stereocenters. The number of aromatic nitrogens is 2. The van der Waals surface area contributed by atoms with Crippen LogP contribution in [0.4, 0.5) is 13.2 Å². The third kappa shape index (κ3) is 7.50. The zero-order valence-corrected chi connectivity index (χ0v) is 19.1. The van der Waals surface area contributed by atoms with Crippen LogP contribution in [0.5, 0.6) is 0 Å². The fourth-order valence-electron chi connectivity index (χ4n) is 1.96. The number of carbonyl (C=O) groups is 1. The van der Waals surface area contributed by atoms with Gasteiger partial charge in [0.05, 0.1) is 17.7 Å². The number of aryl methyl sites for hydroxylation is 1. The normalized spacial score (nSPS) is 11.7. The second kappa shape index (κ2) is 11.5. The molecule has 0 aliphatic carbocycles. The molecule has 3 N–H and O–H groups in total. The molecular formula is C15H20F3IN6OS2. The first-order chi connectivity index (χ1) is 12.8. The molecule has 0 bridgehead atoms. The van der Waals surface area contributed by atoms with E-state index in [-0.39, 0.29) is 41.4 Å². The van der Waals surface area contributed by atoms with Gasteiger partial charge in [-0.3, -0.25) is 4.79 Å². The third-order valence-corrected chi connectivity index (χ3v) is 4.97. The highest BCUT2D eigenvalue weighted by molar-refractivity contribution is 14.0. The molecule has 0 unspecified atom stereocenters. The molecule has 13 heteroatoms. The Morgan fingerprint density at radius 3 is 2.50 bits per heavy atom. The minimum Gasteiger partial charge on any atom is -0.357 e. The Morgan fingerprint density at radius 1 is 1.21 bits per heavy atom. The maximum Gasteiger partial charge on any atom is 0.434 e. The number of guanidine groups is 1. The van der Waals surface area contributed by atoms with Crippen LogP contribution in [-0.4, -0.2) is 41.5 Å². The molecule has 156 valence electrons. The van der Waals surface area contributed by atoms with E-state index in [0.717, 1.165) is 16.7 Å². The summed E-state index contributed by atoms with van der Waals surface area (Å²) in [6, 6.07) is 0. The number of alkyl halides is 3. The van der Waals surface area contributed by atoms with Crippen molar-refractivity contribution < 1.29 is 18.0 Å². The van der Waals surface area contributed by atoms with Crippen LogP contribution in [0, 0.1) is 6.92 Å². The maximum absolute atomic E-state index is 12.6. The SMILES string of the molecule is CCNC(=NCc1nc(C(F)(F)F)cs1)NCCNC(=O)c1scnc1C.I. The largest absolute Gasteiger partial charge is 0.434 e. The van der Waals surface area contributed by atoms with Crippen molar-refractivity contribution in [2.24, 2.45) is 4.99 Å². The van der Waals surface area contributed by atoms with Gasteiger partial charge >= 0.3 is 6.18 Å². The van der Waals surface area contributed by atoms with Crippen molar-refractivity contribution in [3.05, 3.63) is 32.2 Å². The summed E-state index contributed by atoms with van der Waals surface area (Å²) in [7, 11) is 0. The number of nitrogens with one attached hydrogen (secondary N) is 3. The molecule has 0 aliphatic rings. The van der Waals surface area contributed by atoms with Crippen LogP contribution in [0.2, 0.25) is 0 Å². The topological polar surface area (TPSA) is 91.3 Å². The molecule has 0 fully saturated rings. The molecule has 0 saturated carbocycles. The molecule has 0 radical (unpaired) electrons. The zero-order chi connectivity index (χ0) is 19.9. The molecule has 2 aromatic heterocycles. The number of halogens is 4. The van der Waals surface area contributed by atoms with E-state index in [9.17, 15) is 18.0 Å². The lowest BCUT2D eigenvalue weighted by molar-refractivity contribution is -0.140. The molecule has 1 amide bonds. The van der Waals surface area contributed by atoms with Crippen LogP contribution < -0.4 is 16.0 Å². The third-order valence-electron chi connectivity index (χ3n) is 3.21. The van der Waals surface area contributed by atoms with E-state index in [0.29, 0.717) is 36.2 Å². The van der Waals surface area contributed by atoms with E-state index in [1.165, 1.54) is 11.3 Å². The second-order valence-corrected chi connectivity index (χ2v) is 7.07. The zero-order valence-electron chi connectivity index (χ0n) is 15.1. The van der Waals surface area contributed by atoms with Crippen LogP contribution in [0.1, 0.15) is 33.0 Å². The summed E-state index contributed by atoms with van der Waals surface area (Å²) in [6.07, 6.45) is -4.45. The number of thiazole rings is 2. The van der Waals surface area contributed by atoms with Crippen LogP contribution in [0.25, 0.3) is 0 Å². The van der Waals surface area contributed by atoms with Gasteiger partial charge in [-0.05, 0) is 13.8 Å². The van der Waals surface area contributed by atoms with Crippen molar-refractivity contribution in [1.82, 2.24) is 25.9 Å². The van der Waals surface area contributed by atoms with Crippen molar-refractivity contribution in [2.75, 3.05) is 19.6 Å². The molecule has 0 spiro atoms. The molecule has 2 rings (SSSR count). The van der Waals surface area contributed by atoms with Gasteiger partial charge in [0.2, 0.25) is 0 Å². The fourth-order valence-corrected chi connectivity index (χ4v) is 3.40. The maximum atomic E-state index is 12.6. The lowest BCUT2D eigenvalue weighted by atomic mass is 10.4. The van der Waals surface area contributed by atoms with Crippen molar-refractivity contribution in [2.45, 2.75) is 26.6 Å². The van der Waals surface area contributed by atoms with Crippen LogP contribution in [-0.2, 0) is 12.7 Å². The van der Waals surface area contributed by atoms with Crippen molar-refractivity contribution in [3.8, 4) is 0 Å². The Balaban J connectivity index is 0.00000392. The average Bonchev–Trinajstić information content (AvgIpc) is 3.24. The van der Waals surface area contributed by atoms with Crippen LogP contribution in [0.15, 0.2) is 15.9 Å². The first-order valence-corrected chi connectivity index (χ1v) is 9.79. The van der Waals surface area contributed by atoms with Gasteiger partial charge in [0.1, 0.15) is 9.88 Å². The van der Waals surface area contributed by atoms with Crippen molar-refractivity contribution >= 4 is 58.5 Å². The first-order valence-electron chi connectivity index (χ1n) is 8.03. The van der Waals surface area contributed by atoms with Crippen molar-refractivity contribution in [3.63, 3.8) is 0 Å². The minimum atomic E-state index is -4.45. The summed E-state index contributed by atoms with van der Waals surface area (Å²) in [5.41, 5.74) is 1.39. The van der Waals surface area contributed by atoms with Gasteiger partial charge in [0, 0.05) is 25.0 Å². The van der Waals surface area contributed by atoms with Gasteiger partial charge in [-0.25, -0.2) is 15.0 Å². The summed E-state index contributed by atoms with van der Waals surface area (Å²) in [5, 5.41) is 10.0. The Kier molecular flexibility index (Phi) is 10.1. The van der Waals surface area contributed by atoms with Gasteiger partial charge in [0.25, 0.3) is 5.91 Å². The van der Waals surface area contributed by atoms with Gasteiger partial charge in [-0.15, -0.1) is 46.7 Å². The van der Waals surface area contributed by atoms with E-state index in [1.54, 1.807) is 12.4 Å². The number of amides is 1. The number of nitrogens with zero attached hydrogens (tertiary/aromatic N) is 3. The summed E-state index contributed by atoms with van der Waals surface area (Å²) in [4.78, 5) is 24.3. The molecule has 7 nitrogen and oxygen atoms in total. The van der Waals surface area contributed by atoms with E-state index in [2.05, 4.69) is 30.9 Å². The van der Waals surface area contributed by atoms with E-state index in [4.69, 9.17) is 0 Å². The Labute approximate surface area is 185 Å². The highest BCUT2D eigenvalue weighted by Crippen LogP contribution is 2.30. The predicted octanol–water partition coefficient (Wildman–Crippen LogP) is 3.03. The van der Waals surface area contributed by atoms with Gasteiger partial charge in [0.15, 0.2) is 11.7 Å². The molecular weight excluding hydrogens is 528 g/mol. The molecule has 0 saturated heterocycles. The van der Waals surface area contributed by atoms with Crippen molar-refractivity contribution in [1.29, 1.82) is 0 Å². The Bertz CT molecular complexity index is 793. The van der Waals surface area contributed by atoms with Gasteiger partial charge in [-0.2, -0.15) is 13.2 Å². The first kappa shape index (κ1) is 24.6. The van der Waals surface area contributed by atoms with Crippen LogP contribution in [0.3, 0.4) is 0 Å². The molecule has 2 aromatic rings. The molecule has 28 heavy (non-hydrogen) atoms. The second-order valence-electron chi connectivity index (χ2n) is 5.27. The summed E-state index contributed by atoms with van der Waals surface area (Å²) in [6.45, 7) is 5.02. The van der Waals surface area contributed by atoms with E-state index >= 15 is 0 Å². The fraction of sp³-hybridized carbons (Fsp3) is 0.467. The average molecular weight is 548 g/mol. The molecule has 0 aliphatic heterocycles. The Morgan fingerprint density at radius 2 is 1.93 bits per heavy atom. The summed E-state index contributed by atoms with van der Waals surface area (Å²) >= 11 is 2.19. The summed E-state index contributed by atoms with van der Waals surface area (Å²) < 4.78 is 37.7. The predicted molar refractivity (Wildman–Crippen MR) is 115 cm³/mol. The van der Waals surface area contributed by atoms with E-state index < -0.39 is 11.9 Å². The monoisotopic (exact) mass is 548 g/mol. The lowest BCUT2D eigenvalue weighted by Crippen LogP contribution is -2.41. The van der Waals surface area contributed by atoms with Crippen LogP contribution >= 0.6 is 46.7 Å². The number of hydrogen-bond acceptors (Lipinski definition) is 6. The number of aliphatic imine (C=N–C) groups is 1. The number of rotatable bonds is 7. The summed E-state index contributed by atoms with van der Waals surface area (Å²) in [5.74, 6) is 0.241.